The molecular weight excluding hydrogens is 330 g/mol. The number of rotatable bonds is 4. The van der Waals surface area contributed by atoms with Gasteiger partial charge in [-0.05, 0) is 33.6 Å². The van der Waals surface area contributed by atoms with E-state index in [1.807, 2.05) is 59.7 Å². The second-order valence-electron chi connectivity index (χ2n) is 4.67. The summed E-state index contributed by atoms with van der Waals surface area (Å²) in [6.45, 7) is 2.16. The molecule has 1 heterocycles. The van der Waals surface area contributed by atoms with E-state index >= 15 is 0 Å². The zero-order chi connectivity index (χ0) is 14.5. The Kier molecular flexibility index (Phi) is 4.52. The van der Waals surface area contributed by atoms with Crippen molar-refractivity contribution in [3.8, 4) is 0 Å². The van der Waals surface area contributed by atoms with Gasteiger partial charge in [-0.2, -0.15) is 0 Å². The highest BCUT2D eigenvalue weighted by atomic mass is 79.9. The Morgan fingerprint density at radius 2 is 1.86 bits per heavy atom. The lowest BCUT2D eigenvalue weighted by atomic mass is 10.2. The fourth-order valence-corrected chi connectivity index (χ4v) is 2.44. The van der Waals surface area contributed by atoms with Crippen LogP contribution in [0.3, 0.4) is 0 Å². The molecule has 0 saturated carbocycles. The van der Waals surface area contributed by atoms with E-state index in [0.717, 1.165) is 34.8 Å². The van der Waals surface area contributed by atoms with Crippen LogP contribution in [0.5, 0.6) is 0 Å². The predicted molar refractivity (Wildman–Crippen MR) is 87.2 cm³/mol. The molecule has 1 aliphatic heterocycles. The van der Waals surface area contributed by atoms with Crippen LogP contribution in [0.1, 0.15) is 5.56 Å². The molecule has 0 bridgehead atoms. The summed E-state index contributed by atoms with van der Waals surface area (Å²) in [5.41, 5.74) is 2.03. The second-order valence-corrected chi connectivity index (χ2v) is 5.53. The molecule has 0 radical (unpaired) electrons. The Balaban J connectivity index is 1.69. The molecule has 4 nitrogen and oxygen atoms in total. The van der Waals surface area contributed by atoms with E-state index < -0.39 is 0 Å². The number of aliphatic imine (C=N–C) groups is 1. The Hall–Kier alpha value is -1.85. The molecule has 2 aromatic carbocycles. The number of hydroxylamine groups is 2. The van der Waals surface area contributed by atoms with Crippen LogP contribution in [-0.4, -0.2) is 24.1 Å². The van der Waals surface area contributed by atoms with Gasteiger partial charge in [0, 0.05) is 11.0 Å². The maximum atomic E-state index is 5.84. The molecule has 0 unspecified atom stereocenters. The summed E-state index contributed by atoms with van der Waals surface area (Å²) in [5, 5.41) is 5.06. The molecule has 0 aliphatic carbocycles. The molecule has 0 aromatic heterocycles. The number of guanidine groups is 1. The highest BCUT2D eigenvalue weighted by Crippen LogP contribution is 2.25. The van der Waals surface area contributed by atoms with Crippen molar-refractivity contribution in [3.05, 3.63) is 64.6 Å². The number of hydrogen-bond acceptors (Lipinski definition) is 2. The minimum Gasteiger partial charge on any atom is -0.352 e. The Labute approximate surface area is 132 Å². The first kappa shape index (κ1) is 14.1. The van der Waals surface area contributed by atoms with Crippen molar-refractivity contribution in [3.63, 3.8) is 0 Å². The van der Waals surface area contributed by atoms with E-state index in [1.165, 1.54) is 0 Å². The van der Waals surface area contributed by atoms with Crippen LogP contribution in [0, 0.1) is 0 Å². The number of benzene rings is 2. The van der Waals surface area contributed by atoms with Crippen LogP contribution in [-0.2, 0) is 11.4 Å². The third kappa shape index (κ3) is 3.62. The van der Waals surface area contributed by atoms with Crippen LogP contribution in [0.2, 0.25) is 0 Å². The first-order valence-corrected chi connectivity index (χ1v) is 7.64. The minimum atomic E-state index is 0.539. The van der Waals surface area contributed by atoms with E-state index in [0.29, 0.717) is 6.61 Å². The molecule has 3 rings (SSSR count). The van der Waals surface area contributed by atoms with Gasteiger partial charge in [0.2, 0.25) is 5.96 Å². The summed E-state index contributed by atoms with van der Waals surface area (Å²) in [6, 6.07) is 18.0. The Morgan fingerprint density at radius 3 is 2.67 bits per heavy atom. The van der Waals surface area contributed by atoms with Gasteiger partial charge in [0.15, 0.2) is 0 Å². The van der Waals surface area contributed by atoms with E-state index in [2.05, 4.69) is 26.2 Å². The standard InChI is InChI=1S/C16H16BrN3O/c17-14-8-4-5-9-15(14)19-16-18-10-11-20(16)21-12-13-6-2-1-3-7-13/h1-9H,10-12H2,(H,18,19). The van der Waals surface area contributed by atoms with Gasteiger partial charge in [-0.25, -0.2) is 10.1 Å². The molecule has 0 spiro atoms. The molecule has 21 heavy (non-hydrogen) atoms. The summed E-state index contributed by atoms with van der Waals surface area (Å²) in [4.78, 5) is 10.4. The average Bonchev–Trinajstić information content (AvgIpc) is 2.96. The Morgan fingerprint density at radius 1 is 1.10 bits per heavy atom. The molecular formula is C16H16BrN3O. The number of nitrogens with zero attached hydrogens (tertiary/aromatic N) is 2. The van der Waals surface area contributed by atoms with Crippen molar-refractivity contribution in [2.24, 2.45) is 4.99 Å². The summed E-state index contributed by atoms with van der Waals surface area (Å²) < 4.78 is 0.967. The van der Waals surface area contributed by atoms with Gasteiger partial charge in [0.25, 0.3) is 0 Å². The van der Waals surface area contributed by atoms with E-state index in [9.17, 15) is 0 Å². The van der Waals surface area contributed by atoms with Gasteiger partial charge in [-0.3, -0.25) is 4.84 Å². The molecule has 1 saturated heterocycles. The largest absolute Gasteiger partial charge is 0.352 e. The van der Waals surface area contributed by atoms with Gasteiger partial charge >= 0.3 is 0 Å². The fourth-order valence-electron chi connectivity index (χ4n) is 2.07. The topological polar surface area (TPSA) is 36.9 Å². The zero-order valence-corrected chi connectivity index (χ0v) is 13.1. The SMILES string of the molecule is Brc1ccccc1/N=C1\NCCN1OCc1ccccc1. The van der Waals surface area contributed by atoms with Gasteiger partial charge in [0.1, 0.15) is 6.61 Å². The molecule has 0 amide bonds. The van der Waals surface area contributed by atoms with Gasteiger partial charge in [0.05, 0.1) is 12.2 Å². The molecule has 5 heteroatoms. The van der Waals surface area contributed by atoms with E-state index in [4.69, 9.17) is 4.84 Å². The molecule has 2 aromatic rings. The molecule has 0 atom stereocenters. The highest BCUT2D eigenvalue weighted by Gasteiger charge is 2.19. The third-order valence-corrected chi connectivity index (χ3v) is 3.81. The van der Waals surface area contributed by atoms with E-state index in [1.54, 1.807) is 0 Å². The minimum absolute atomic E-state index is 0.539. The summed E-state index contributed by atoms with van der Waals surface area (Å²) in [5.74, 6) is 0.748. The lowest BCUT2D eigenvalue weighted by Gasteiger charge is -2.17. The number of hydrogen-bond donors (Lipinski definition) is 1. The van der Waals surface area contributed by atoms with Crippen molar-refractivity contribution in [2.45, 2.75) is 6.61 Å². The van der Waals surface area contributed by atoms with Crippen LogP contribution < -0.4 is 5.32 Å². The van der Waals surface area contributed by atoms with Crippen LogP contribution >= 0.6 is 15.9 Å². The lowest BCUT2D eigenvalue weighted by molar-refractivity contribution is -0.102. The van der Waals surface area contributed by atoms with Crippen molar-refractivity contribution < 1.29 is 4.84 Å². The normalized spacial score (nSPS) is 16.2. The van der Waals surface area contributed by atoms with Crippen molar-refractivity contribution in [1.82, 2.24) is 10.4 Å². The Bertz CT molecular complexity index is 630. The smallest absolute Gasteiger partial charge is 0.223 e. The number of halogens is 1. The fraction of sp³-hybridized carbons (Fsp3) is 0.188. The summed E-state index contributed by atoms with van der Waals surface area (Å²) in [6.07, 6.45) is 0. The van der Waals surface area contributed by atoms with Gasteiger partial charge < -0.3 is 5.32 Å². The third-order valence-electron chi connectivity index (χ3n) is 3.14. The van der Waals surface area contributed by atoms with Crippen LogP contribution in [0.25, 0.3) is 0 Å². The number of nitrogens with one attached hydrogen (secondary N) is 1. The highest BCUT2D eigenvalue weighted by molar-refractivity contribution is 9.10. The average molecular weight is 346 g/mol. The van der Waals surface area contributed by atoms with Crippen molar-refractivity contribution in [2.75, 3.05) is 13.1 Å². The van der Waals surface area contributed by atoms with Gasteiger partial charge in [-0.15, -0.1) is 0 Å². The first-order valence-electron chi connectivity index (χ1n) is 6.84. The quantitative estimate of drug-likeness (QED) is 0.921. The summed E-state index contributed by atoms with van der Waals surface area (Å²) in [7, 11) is 0. The van der Waals surface area contributed by atoms with Crippen LogP contribution in [0.15, 0.2) is 64.1 Å². The molecule has 1 fully saturated rings. The maximum absolute atomic E-state index is 5.84. The van der Waals surface area contributed by atoms with Crippen LogP contribution in [0.4, 0.5) is 5.69 Å². The molecule has 1 aliphatic rings. The van der Waals surface area contributed by atoms with Gasteiger partial charge in [-0.1, -0.05) is 42.5 Å². The monoisotopic (exact) mass is 345 g/mol. The van der Waals surface area contributed by atoms with Crippen molar-refractivity contribution in [1.29, 1.82) is 0 Å². The number of para-hydroxylation sites is 1. The zero-order valence-electron chi connectivity index (χ0n) is 11.5. The van der Waals surface area contributed by atoms with E-state index in [-0.39, 0.29) is 0 Å². The van der Waals surface area contributed by atoms with Crippen molar-refractivity contribution >= 4 is 27.6 Å². The maximum Gasteiger partial charge on any atom is 0.223 e. The molecule has 1 N–H and O–H groups in total. The summed E-state index contributed by atoms with van der Waals surface area (Å²) >= 11 is 3.50. The lowest BCUT2D eigenvalue weighted by Crippen LogP contribution is -2.30. The predicted octanol–water partition coefficient (Wildman–Crippen LogP) is 3.47. The second kappa shape index (κ2) is 6.74. The molecule has 108 valence electrons. The first-order chi connectivity index (χ1) is 10.3.